The lowest BCUT2D eigenvalue weighted by Gasteiger charge is -2.19. The lowest BCUT2D eigenvalue weighted by molar-refractivity contribution is 0.297. The Morgan fingerprint density at radius 2 is 2.05 bits per heavy atom. The van der Waals surface area contributed by atoms with Gasteiger partial charge in [-0.3, -0.25) is 0 Å². The maximum atomic E-state index is 9.19. The molecule has 0 bridgehead atoms. The minimum Gasteiger partial charge on any atom is -0.406 e. The van der Waals surface area contributed by atoms with Crippen LogP contribution in [-0.4, -0.2) is 35.5 Å². The van der Waals surface area contributed by atoms with Gasteiger partial charge in [0.2, 0.25) is 5.89 Å². The van der Waals surface area contributed by atoms with Crippen LogP contribution in [-0.2, 0) is 6.54 Å². The van der Waals surface area contributed by atoms with E-state index < -0.39 is 0 Å². The first-order chi connectivity index (χ1) is 9.74. The number of hydrogen-bond donors (Lipinski definition) is 2. The highest BCUT2D eigenvalue weighted by Crippen LogP contribution is 2.18. The second-order valence-corrected chi connectivity index (χ2v) is 4.56. The number of aliphatic hydroxyl groups is 1. The Bertz CT molecular complexity index is 515. The zero-order valence-corrected chi connectivity index (χ0v) is 11.8. The molecule has 2 rings (SSSR count). The molecule has 0 amide bonds. The number of aromatic nitrogens is 2. The third-order valence-electron chi connectivity index (χ3n) is 3.09. The molecule has 2 N–H and O–H groups in total. The van der Waals surface area contributed by atoms with E-state index in [1.807, 2.05) is 49.2 Å². The van der Waals surface area contributed by atoms with E-state index >= 15 is 0 Å². The molecule has 0 spiro atoms. The number of nitrogens with zero attached hydrogens (tertiary/aromatic N) is 3. The normalized spacial score (nSPS) is 12.3. The molecule has 6 heteroatoms. The number of nitrogens with one attached hydrogen (secondary N) is 1. The van der Waals surface area contributed by atoms with Crippen molar-refractivity contribution in [3.8, 4) is 0 Å². The largest absolute Gasteiger partial charge is 0.406 e. The van der Waals surface area contributed by atoms with Crippen molar-refractivity contribution in [2.24, 2.45) is 0 Å². The fraction of sp³-hybridized carbons (Fsp3) is 0.429. The summed E-state index contributed by atoms with van der Waals surface area (Å²) in [5, 5.41) is 20.3. The highest BCUT2D eigenvalue weighted by Gasteiger charge is 2.17. The summed E-state index contributed by atoms with van der Waals surface area (Å²) in [5.41, 5.74) is 1.13. The first-order valence-electron chi connectivity index (χ1n) is 6.65. The Morgan fingerprint density at radius 1 is 1.30 bits per heavy atom. The lowest BCUT2D eigenvalue weighted by atomic mass is 10.2. The minimum absolute atomic E-state index is 0.00366. The van der Waals surface area contributed by atoms with Crippen molar-refractivity contribution in [3.63, 3.8) is 0 Å². The Hall–Kier alpha value is -1.92. The van der Waals surface area contributed by atoms with Gasteiger partial charge in [-0.2, -0.15) is 0 Å². The fourth-order valence-electron chi connectivity index (χ4n) is 1.82. The SMILES string of the molecule is CNC(C)c1nnc(N(CCO)Cc2ccccc2)o1. The molecule has 0 aliphatic heterocycles. The molecular formula is C14H20N4O2. The summed E-state index contributed by atoms with van der Waals surface area (Å²) >= 11 is 0. The van der Waals surface area contributed by atoms with Crippen LogP contribution in [0.5, 0.6) is 0 Å². The van der Waals surface area contributed by atoms with Crippen LogP contribution in [0.3, 0.4) is 0 Å². The molecule has 108 valence electrons. The van der Waals surface area contributed by atoms with Gasteiger partial charge < -0.3 is 19.7 Å². The molecule has 1 heterocycles. The van der Waals surface area contributed by atoms with Crippen molar-refractivity contribution >= 4 is 6.01 Å². The summed E-state index contributed by atoms with van der Waals surface area (Å²) in [6.45, 7) is 3.05. The van der Waals surface area contributed by atoms with E-state index in [-0.39, 0.29) is 12.6 Å². The van der Waals surface area contributed by atoms with Crippen LogP contribution in [0.15, 0.2) is 34.7 Å². The molecular weight excluding hydrogens is 256 g/mol. The number of anilines is 1. The van der Waals surface area contributed by atoms with Gasteiger partial charge in [-0.15, -0.1) is 5.10 Å². The van der Waals surface area contributed by atoms with Gasteiger partial charge in [0.15, 0.2) is 0 Å². The van der Waals surface area contributed by atoms with E-state index in [0.29, 0.717) is 25.0 Å². The molecule has 1 atom stereocenters. The van der Waals surface area contributed by atoms with Gasteiger partial charge in [0, 0.05) is 13.1 Å². The molecule has 0 saturated heterocycles. The molecule has 0 radical (unpaired) electrons. The number of hydrogen-bond acceptors (Lipinski definition) is 6. The topological polar surface area (TPSA) is 74.4 Å². The van der Waals surface area contributed by atoms with Crippen molar-refractivity contribution in [3.05, 3.63) is 41.8 Å². The summed E-state index contributed by atoms with van der Waals surface area (Å²) in [5.74, 6) is 0.540. The maximum absolute atomic E-state index is 9.19. The quantitative estimate of drug-likeness (QED) is 0.795. The Morgan fingerprint density at radius 3 is 2.70 bits per heavy atom. The average molecular weight is 276 g/mol. The van der Waals surface area contributed by atoms with Crippen LogP contribution >= 0.6 is 0 Å². The predicted octanol–water partition coefficient (Wildman–Crippen LogP) is 1.35. The molecule has 0 aliphatic rings. The lowest BCUT2D eigenvalue weighted by Crippen LogP contribution is -2.26. The third-order valence-corrected chi connectivity index (χ3v) is 3.09. The van der Waals surface area contributed by atoms with Gasteiger partial charge in [-0.1, -0.05) is 35.4 Å². The predicted molar refractivity (Wildman–Crippen MR) is 76.4 cm³/mol. The fourth-order valence-corrected chi connectivity index (χ4v) is 1.82. The second kappa shape index (κ2) is 7.02. The van der Waals surface area contributed by atoms with Crippen LogP contribution in [0.2, 0.25) is 0 Å². The van der Waals surface area contributed by atoms with Crippen LogP contribution < -0.4 is 10.2 Å². The van der Waals surface area contributed by atoms with E-state index in [0.717, 1.165) is 5.56 Å². The van der Waals surface area contributed by atoms with Gasteiger partial charge in [0.25, 0.3) is 0 Å². The van der Waals surface area contributed by atoms with Gasteiger partial charge in [0.05, 0.1) is 12.6 Å². The second-order valence-electron chi connectivity index (χ2n) is 4.56. The van der Waals surface area contributed by atoms with Crippen LogP contribution in [0, 0.1) is 0 Å². The summed E-state index contributed by atoms with van der Waals surface area (Å²) in [6, 6.07) is 10.4. The smallest absolute Gasteiger partial charge is 0.318 e. The molecule has 1 aromatic carbocycles. The monoisotopic (exact) mass is 276 g/mol. The molecule has 1 aromatic heterocycles. The van der Waals surface area contributed by atoms with Crippen molar-refractivity contribution < 1.29 is 9.52 Å². The third kappa shape index (κ3) is 3.55. The summed E-state index contributed by atoms with van der Waals surface area (Å²) < 4.78 is 5.65. The van der Waals surface area contributed by atoms with Crippen molar-refractivity contribution in [2.75, 3.05) is 25.1 Å². The van der Waals surface area contributed by atoms with E-state index in [4.69, 9.17) is 4.42 Å². The Labute approximate surface area is 118 Å². The first-order valence-corrected chi connectivity index (χ1v) is 6.65. The van der Waals surface area contributed by atoms with Crippen molar-refractivity contribution in [1.29, 1.82) is 0 Å². The van der Waals surface area contributed by atoms with E-state index in [9.17, 15) is 5.11 Å². The highest BCUT2D eigenvalue weighted by atomic mass is 16.4. The molecule has 2 aromatic rings. The molecule has 0 saturated carbocycles. The number of benzene rings is 1. The number of rotatable bonds is 7. The molecule has 1 unspecified atom stereocenters. The standard InChI is InChI=1S/C14H20N4O2/c1-11(15-2)13-16-17-14(20-13)18(8-9-19)10-12-6-4-3-5-7-12/h3-7,11,15,19H,8-10H2,1-2H3. The van der Waals surface area contributed by atoms with Gasteiger partial charge in [-0.25, -0.2) is 0 Å². The van der Waals surface area contributed by atoms with E-state index in [1.165, 1.54) is 0 Å². The van der Waals surface area contributed by atoms with Gasteiger partial charge in [-0.05, 0) is 19.5 Å². The molecule has 6 nitrogen and oxygen atoms in total. The summed E-state index contributed by atoms with van der Waals surface area (Å²) in [7, 11) is 1.84. The molecule has 20 heavy (non-hydrogen) atoms. The Kier molecular flexibility index (Phi) is 5.09. The van der Waals surface area contributed by atoms with Crippen molar-refractivity contribution in [1.82, 2.24) is 15.5 Å². The van der Waals surface area contributed by atoms with Gasteiger partial charge >= 0.3 is 6.01 Å². The average Bonchev–Trinajstić information content (AvgIpc) is 2.97. The van der Waals surface area contributed by atoms with Gasteiger partial charge in [0.1, 0.15) is 0 Å². The molecule has 0 fully saturated rings. The van der Waals surface area contributed by atoms with Crippen LogP contribution in [0.1, 0.15) is 24.4 Å². The summed E-state index contributed by atoms with van der Waals surface area (Å²) in [6.07, 6.45) is 0. The zero-order valence-electron chi connectivity index (χ0n) is 11.8. The number of aliphatic hydroxyl groups excluding tert-OH is 1. The Balaban J connectivity index is 2.14. The maximum Gasteiger partial charge on any atom is 0.318 e. The van der Waals surface area contributed by atoms with Crippen LogP contribution in [0.25, 0.3) is 0 Å². The van der Waals surface area contributed by atoms with E-state index in [1.54, 1.807) is 0 Å². The molecule has 0 aliphatic carbocycles. The van der Waals surface area contributed by atoms with Crippen LogP contribution in [0.4, 0.5) is 6.01 Å². The summed E-state index contributed by atoms with van der Waals surface area (Å²) in [4.78, 5) is 1.87. The zero-order chi connectivity index (χ0) is 14.4. The highest BCUT2D eigenvalue weighted by molar-refractivity contribution is 5.28. The van der Waals surface area contributed by atoms with Crippen molar-refractivity contribution in [2.45, 2.75) is 19.5 Å². The minimum atomic E-state index is 0.00366. The first kappa shape index (κ1) is 14.5. The van der Waals surface area contributed by atoms with E-state index in [2.05, 4.69) is 15.5 Å².